The van der Waals surface area contributed by atoms with Crippen molar-refractivity contribution in [1.29, 1.82) is 0 Å². The van der Waals surface area contributed by atoms with Crippen LogP contribution in [-0.2, 0) is 14.3 Å². The minimum absolute atomic E-state index is 0.131. The highest BCUT2D eigenvalue weighted by Gasteiger charge is 2.15. The number of rotatable bonds is 6. The molecule has 1 aromatic rings. The molecule has 1 atom stereocenters. The van der Waals surface area contributed by atoms with Gasteiger partial charge in [-0.25, -0.2) is 4.79 Å². The Morgan fingerprint density at radius 1 is 1.56 bits per heavy atom. The number of nitrogens with one attached hydrogen (secondary N) is 1. The summed E-state index contributed by atoms with van der Waals surface area (Å²) in [5.74, 6) is -0.958. The van der Waals surface area contributed by atoms with Crippen LogP contribution in [0.25, 0.3) is 0 Å². The third kappa shape index (κ3) is 4.34. The maximum Gasteiger partial charge on any atom is 0.350 e. The molecule has 6 nitrogen and oxygen atoms in total. The topological polar surface area (TPSA) is 90.6 Å². The van der Waals surface area contributed by atoms with Gasteiger partial charge >= 0.3 is 5.97 Å². The molecule has 1 unspecified atom stereocenters. The third-order valence-electron chi connectivity index (χ3n) is 2.04. The number of hydrogen-bond acceptors (Lipinski definition) is 6. The van der Waals surface area contributed by atoms with Crippen LogP contribution in [0, 0.1) is 0 Å². The number of esters is 1. The standard InChI is InChI=1S/C11H16N2O4S/c1-7(5-16-2)13-9(14)6-17-11(15)10-8(12)3-4-18-10/h3-4,7H,5-6,12H2,1-2H3,(H,13,14). The van der Waals surface area contributed by atoms with Gasteiger partial charge in [-0.2, -0.15) is 0 Å². The molecule has 0 aliphatic carbocycles. The molecule has 3 N–H and O–H groups in total. The van der Waals surface area contributed by atoms with Crippen molar-refractivity contribution in [3.8, 4) is 0 Å². The van der Waals surface area contributed by atoms with E-state index >= 15 is 0 Å². The Kier molecular flexibility index (Phi) is 5.60. The van der Waals surface area contributed by atoms with Gasteiger partial charge in [0.05, 0.1) is 12.3 Å². The molecule has 100 valence electrons. The van der Waals surface area contributed by atoms with Gasteiger partial charge in [-0.05, 0) is 18.4 Å². The van der Waals surface area contributed by atoms with Crippen LogP contribution < -0.4 is 11.1 Å². The molecule has 7 heteroatoms. The molecule has 1 amide bonds. The van der Waals surface area contributed by atoms with Crippen LogP contribution in [-0.4, -0.2) is 38.2 Å². The lowest BCUT2D eigenvalue weighted by Crippen LogP contribution is -2.38. The van der Waals surface area contributed by atoms with E-state index in [0.717, 1.165) is 0 Å². The third-order valence-corrected chi connectivity index (χ3v) is 2.95. The Morgan fingerprint density at radius 2 is 2.28 bits per heavy atom. The van der Waals surface area contributed by atoms with Crippen molar-refractivity contribution in [3.05, 3.63) is 16.3 Å². The lowest BCUT2D eigenvalue weighted by Gasteiger charge is -2.12. The van der Waals surface area contributed by atoms with Crippen molar-refractivity contribution in [1.82, 2.24) is 5.32 Å². The van der Waals surface area contributed by atoms with Gasteiger partial charge in [0.25, 0.3) is 5.91 Å². The second-order valence-corrected chi connectivity index (χ2v) is 4.62. The van der Waals surface area contributed by atoms with Crippen LogP contribution in [0.4, 0.5) is 5.69 Å². The van der Waals surface area contributed by atoms with Crippen LogP contribution in [0.15, 0.2) is 11.4 Å². The van der Waals surface area contributed by atoms with Gasteiger partial charge < -0.3 is 20.5 Å². The maximum atomic E-state index is 11.5. The summed E-state index contributed by atoms with van der Waals surface area (Å²) in [4.78, 5) is 23.3. The first-order valence-electron chi connectivity index (χ1n) is 5.33. The molecule has 0 fully saturated rings. The van der Waals surface area contributed by atoms with E-state index in [-0.39, 0.29) is 18.6 Å². The normalized spacial score (nSPS) is 11.9. The summed E-state index contributed by atoms with van der Waals surface area (Å²) in [5.41, 5.74) is 5.92. The van der Waals surface area contributed by atoms with E-state index in [1.807, 2.05) is 0 Å². The van der Waals surface area contributed by atoms with Crippen LogP contribution in [0.5, 0.6) is 0 Å². The summed E-state index contributed by atoms with van der Waals surface area (Å²) < 4.78 is 9.71. The largest absolute Gasteiger partial charge is 0.451 e. The minimum Gasteiger partial charge on any atom is -0.451 e. The molecule has 1 aromatic heterocycles. The zero-order chi connectivity index (χ0) is 13.5. The van der Waals surface area contributed by atoms with Gasteiger partial charge in [-0.15, -0.1) is 11.3 Å². The van der Waals surface area contributed by atoms with Crippen LogP contribution >= 0.6 is 11.3 Å². The quantitative estimate of drug-likeness (QED) is 0.742. The Labute approximate surface area is 109 Å². The molecule has 0 saturated carbocycles. The van der Waals surface area contributed by atoms with Crippen LogP contribution in [0.3, 0.4) is 0 Å². The summed E-state index contributed by atoms with van der Waals surface area (Å²) >= 11 is 1.18. The fourth-order valence-electron chi connectivity index (χ4n) is 1.29. The fraction of sp³-hybridized carbons (Fsp3) is 0.455. The smallest absolute Gasteiger partial charge is 0.350 e. The number of nitrogens with two attached hydrogens (primary N) is 1. The molecule has 0 saturated heterocycles. The zero-order valence-corrected chi connectivity index (χ0v) is 11.1. The van der Waals surface area contributed by atoms with Crippen LogP contribution in [0.2, 0.25) is 0 Å². The summed E-state index contributed by atoms with van der Waals surface area (Å²) in [6, 6.07) is 1.48. The highest BCUT2D eigenvalue weighted by molar-refractivity contribution is 7.12. The Morgan fingerprint density at radius 3 is 2.83 bits per heavy atom. The van der Waals surface area contributed by atoms with E-state index in [2.05, 4.69) is 5.32 Å². The molecule has 0 aromatic carbocycles. The van der Waals surface area contributed by atoms with Gasteiger partial charge in [0.1, 0.15) is 4.88 Å². The molecule has 0 bridgehead atoms. The van der Waals surface area contributed by atoms with Gasteiger partial charge in [-0.3, -0.25) is 4.79 Å². The Hall–Kier alpha value is -1.60. The molecule has 0 radical (unpaired) electrons. The monoisotopic (exact) mass is 272 g/mol. The molecule has 1 rings (SSSR count). The van der Waals surface area contributed by atoms with E-state index in [0.29, 0.717) is 17.2 Å². The van der Waals surface area contributed by atoms with Gasteiger partial charge in [0.15, 0.2) is 6.61 Å². The van der Waals surface area contributed by atoms with E-state index < -0.39 is 5.97 Å². The zero-order valence-electron chi connectivity index (χ0n) is 10.3. The number of thiophene rings is 1. The first-order valence-corrected chi connectivity index (χ1v) is 6.21. The van der Waals surface area contributed by atoms with Crippen molar-refractivity contribution >= 4 is 28.9 Å². The lowest BCUT2D eigenvalue weighted by atomic mass is 10.3. The summed E-state index contributed by atoms with van der Waals surface area (Å²) in [6.45, 7) is 1.86. The molecule has 1 heterocycles. The molecule has 18 heavy (non-hydrogen) atoms. The van der Waals surface area contributed by atoms with Crippen molar-refractivity contribution < 1.29 is 19.1 Å². The minimum atomic E-state index is -0.586. The number of carbonyl (C=O) groups is 2. The number of anilines is 1. The Balaban J connectivity index is 2.35. The predicted molar refractivity (Wildman–Crippen MR) is 68.5 cm³/mol. The number of hydrogen-bond donors (Lipinski definition) is 2. The molecule has 0 aliphatic heterocycles. The highest BCUT2D eigenvalue weighted by atomic mass is 32.1. The first-order chi connectivity index (χ1) is 8.54. The number of carbonyl (C=O) groups excluding carboxylic acids is 2. The number of amides is 1. The second kappa shape index (κ2) is 6.97. The molecule has 0 aliphatic rings. The summed E-state index contributed by atoms with van der Waals surface area (Å²) in [7, 11) is 1.54. The lowest BCUT2D eigenvalue weighted by molar-refractivity contribution is -0.125. The molecular weight excluding hydrogens is 256 g/mol. The molecular formula is C11H16N2O4S. The van der Waals surface area contributed by atoms with E-state index in [1.165, 1.54) is 11.3 Å². The van der Waals surface area contributed by atoms with Crippen LogP contribution in [0.1, 0.15) is 16.6 Å². The van der Waals surface area contributed by atoms with E-state index in [4.69, 9.17) is 15.2 Å². The average molecular weight is 272 g/mol. The van der Waals surface area contributed by atoms with Gasteiger partial charge in [-0.1, -0.05) is 0 Å². The SMILES string of the molecule is COCC(C)NC(=O)COC(=O)c1sccc1N. The first kappa shape index (κ1) is 14.5. The van der Waals surface area contributed by atoms with Crippen molar-refractivity contribution in [2.24, 2.45) is 0 Å². The van der Waals surface area contributed by atoms with Crippen molar-refractivity contribution in [2.75, 3.05) is 26.1 Å². The predicted octanol–water partition coefficient (Wildman–Crippen LogP) is 0.638. The van der Waals surface area contributed by atoms with E-state index in [1.54, 1.807) is 25.5 Å². The Bertz CT molecular complexity index is 419. The van der Waals surface area contributed by atoms with Gasteiger partial charge in [0.2, 0.25) is 0 Å². The highest BCUT2D eigenvalue weighted by Crippen LogP contribution is 2.19. The van der Waals surface area contributed by atoms with Crippen molar-refractivity contribution in [3.63, 3.8) is 0 Å². The maximum absolute atomic E-state index is 11.5. The summed E-state index contributed by atoms with van der Waals surface area (Å²) in [6.07, 6.45) is 0. The number of methoxy groups -OCH3 is 1. The number of nitrogen functional groups attached to an aromatic ring is 1. The molecule has 0 spiro atoms. The van der Waals surface area contributed by atoms with Gasteiger partial charge in [0, 0.05) is 13.2 Å². The second-order valence-electron chi connectivity index (χ2n) is 3.71. The average Bonchev–Trinajstić information content (AvgIpc) is 2.72. The van der Waals surface area contributed by atoms with E-state index in [9.17, 15) is 9.59 Å². The van der Waals surface area contributed by atoms with Crippen molar-refractivity contribution in [2.45, 2.75) is 13.0 Å². The summed E-state index contributed by atoms with van der Waals surface area (Å²) in [5, 5.41) is 4.31. The fourth-order valence-corrected chi connectivity index (χ4v) is 2.00. The number of ether oxygens (including phenoxy) is 2.